The number of benzene rings is 1. The molecule has 1 amide bonds. The molecule has 0 bridgehead atoms. The van der Waals surface area contributed by atoms with Crippen LogP contribution < -0.4 is 15.4 Å². The Hall–Kier alpha value is -1.55. The van der Waals surface area contributed by atoms with Crippen LogP contribution in [0.4, 0.5) is 5.69 Å². The smallest absolute Gasteiger partial charge is 0.238 e. The summed E-state index contributed by atoms with van der Waals surface area (Å²) in [6.07, 6.45) is 2.29. The summed E-state index contributed by atoms with van der Waals surface area (Å²) < 4.78 is 5.65. The van der Waals surface area contributed by atoms with Gasteiger partial charge in [-0.15, -0.1) is 0 Å². The molecule has 19 heavy (non-hydrogen) atoms. The van der Waals surface area contributed by atoms with Gasteiger partial charge in [-0.1, -0.05) is 25.5 Å². The van der Waals surface area contributed by atoms with E-state index in [0.29, 0.717) is 12.3 Å². The Morgan fingerprint density at radius 3 is 2.74 bits per heavy atom. The zero-order chi connectivity index (χ0) is 14.1. The standard InChI is InChI=1S/C15H24N2O2/c1-4-5-10-16-11-15(18)17-13-8-6-7-9-14(13)19-12(2)3/h6-9,12,16H,4-5,10-11H2,1-3H3,(H,17,18). The van der Waals surface area contributed by atoms with Crippen molar-refractivity contribution in [3.8, 4) is 5.75 Å². The van der Waals surface area contributed by atoms with Crippen LogP contribution in [0.1, 0.15) is 33.6 Å². The largest absolute Gasteiger partial charge is 0.489 e. The maximum Gasteiger partial charge on any atom is 0.238 e. The first-order valence-electron chi connectivity index (χ1n) is 6.89. The molecule has 0 aliphatic rings. The molecule has 0 radical (unpaired) electrons. The van der Waals surface area contributed by atoms with E-state index in [2.05, 4.69) is 17.6 Å². The summed E-state index contributed by atoms with van der Waals surface area (Å²) in [6.45, 7) is 7.25. The Morgan fingerprint density at radius 1 is 1.32 bits per heavy atom. The second-order valence-electron chi connectivity index (χ2n) is 4.74. The highest BCUT2D eigenvalue weighted by Crippen LogP contribution is 2.24. The van der Waals surface area contributed by atoms with E-state index < -0.39 is 0 Å². The van der Waals surface area contributed by atoms with Crippen molar-refractivity contribution in [1.29, 1.82) is 0 Å². The average Bonchev–Trinajstić information content (AvgIpc) is 2.36. The lowest BCUT2D eigenvalue weighted by Crippen LogP contribution is -2.29. The second-order valence-corrected chi connectivity index (χ2v) is 4.74. The molecular formula is C15H24N2O2. The fourth-order valence-corrected chi connectivity index (χ4v) is 1.62. The first kappa shape index (κ1) is 15.5. The van der Waals surface area contributed by atoms with E-state index in [0.717, 1.165) is 25.1 Å². The van der Waals surface area contributed by atoms with Crippen molar-refractivity contribution < 1.29 is 9.53 Å². The van der Waals surface area contributed by atoms with E-state index >= 15 is 0 Å². The molecule has 0 heterocycles. The van der Waals surface area contributed by atoms with Crippen molar-refractivity contribution in [2.24, 2.45) is 0 Å². The minimum atomic E-state index is -0.0455. The van der Waals surface area contributed by atoms with Crippen LogP contribution in [0, 0.1) is 0 Å². The summed E-state index contributed by atoms with van der Waals surface area (Å²) in [4.78, 5) is 11.8. The Bertz CT molecular complexity index is 391. The van der Waals surface area contributed by atoms with Gasteiger partial charge in [0, 0.05) is 0 Å². The fraction of sp³-hybridized carbons (Fsp3) is 0.533. The van der Waals surface area contributed by atoms with Crippen molar-refractivity contribution in [2.45, 2.75) is 39.7 Å². The van der Waals surface area contributed by atoms with Crippen molar-refractivity contribution in [3.05, 3.63) is 24.3 Å². The van der Waals surface area contributed by atoms with Crippen LogP contribution in [0.25, 0.3) is 0 Å². The van der Waals surface area contributed by atoms with E-state index in [4.69, 9.17) is 4.74 Å². The minimum Gasteiger partial charge on any atom is -0.489 e. The summed E-state index contributed by atoms with van der Waals surface area (Å²) in [6, 6.07) is 7.49. The van der Waals surface area contributed by atoms with Gasteiger partial charge in [0.05, 0.1) is 18.3 Å². The molecule has 0 aliphatic carbocycles. The Kier molecular flexibility index (Phi) is 6.97. The number of nitrogens with one attached hydrogen (secondary N) is 2. The van der Waals surface area contributed by atoms with Gasteiger partial charge in [-0.05, 0) is 38.9 Å². The first-order valence-corrected chi connectivity index (χ1v) is 6.89. The second kappa shape index (κ2) is 8.53. The minimum absolute atomic E-state index is 0.0455. The maximum atomic E-state index is 11.8. The van der Waals surface area contributed by atoms with Gasteiger partial charge in [-0.3, -0.25) is 4.79 Å². The van der Waals surface area contributed by atoms with E-state index in [1.807, 2.05) is 38.1 Å². The molecule has 0 aliphatic heterocycles. The SMILES string of the molecule is CCCCNCC(=O)Nc1ccccc1OC(C)C. The molecule has 0 atom stereocenters. The number of ether oxygens (including phenoxy) is 1. The van der Waals surface area contributed by atoms with Gasteiger partial charge in [-0.25, -0.2) is 0 Å². The summed E-state index contributed by atoms with van der Waals surface area (Å²) in [5.74, 6) is 0.662. The van der Waals surface area contributed by atoms with Crippen LogP contribution in [-0.4, -0.2) is 25.1 Å². The van der Waals surface area contributed by atoms with Gasteiger partial charge >= 0.3 is 0 Å². The lowest BCUT2D eigenvalue weighted by atomic mass is 10.3. The number of hydrogen-bond acceptors (Lipinski definition) is 3. The number of rotatable bonds is 8. The maximum absolute atomic E-state index is 11.8. The average molecular weight is 264 g/mol. The number of anilines is 1. The van der Waals surface area contributed by atoms with Gasteiger partial charge in [-0.2, -0.15) is 0 Å². The van der Waals surface area contributed by atoms with Crippen LogP contribution in [0.2, 0.25) is 0 Å². The van der Waals surface area contributed by atoms with E-state index in [1.54, 1.807) is 0 Å². The van der Waals surface area contributed by atoms with Gasteiger partial charge < -0.3 is 15.4 Å². The van der Waals surface area contributed by atoms with Gasteiger partial charge in [0.15, 0.2) is 0 Å². The number of carbonyl (C=O) groups excluding carboxylic acids is 1. The third-order valence-corrected chi connectivity index (χ3v) is 2.52. The molecule has 0 unspecified atom stereocenters. The number of unbranched alkanes of at least 4 members (excludes halogenated alkanes) is 1. The Morgan fingerprint density at radius 2 is 2.05 bits per heavy atom. The highest BCUT2D eigenvalue weighted by atomic mass is 16.5. The van der Waals surface area contributed by atoms with Crippen LogP contribution in [0.5, 0.6) is 5.75 Å². The molecule has 0 aromatic heterocycles. The lowest BCUT2D eigenvalue weighted by molar-refractivity contribution is -0.115. The van der Waals surface area contributed by atoms with E-state index in [1.165, 1.54) is 0 Å². The van der Waals surface area contributed by atoms with Crippen LogP contribution in [0.3, 0.4) is 0 Å². The van der Waals surface area contributed by atoms with Gasteiger partial charge in [0.1, 0.15) is 5.75 Å². The van der Waals surface area contributed by atoms with Crippen molar-refractivity contribution >= 4 is 11.6 Å². The summed E-state index contributed by atoms with van der Waals surface area (Å²) in [5.41, 5.74) is 0.721. The molecule has 0 saturated heterocycles. The van der Waals surface area contributed by atoms with E-state index in [-0.39, 0.29) is 12.0 Å². The topological polar surface area (TPSA) is 50.4 Å². The number of hydrogen-bond donors (Lipinski definition) is 2. The normalized spacial score (nSPS) is 10.5. The fourth-order valence-electron chi connectivity index (χ4n) is 1.62. The van der Waals surface area contributed by atoms with Gasteiger partial charge in [0.2, 0.25) is 5.91 Å². The molecule has 1 aromatic carbocycles. The molecule has 1 rings (SSSR count). The zero-order valence-corrected chi connectivity index (χ0v) is 12.0. The third-order valence-electron chi connectivity index (χ3n) is 2.52. The molecule has 0 saturated carbocycles. The molecular weight excluding hydrogens is 240 g/mol. The predicted molar refractivity (Wildman–Crippen MR) is 78.6 cm³/mol. The molecule has 2 N–H and O–H groups in total. The van der Waals surface area contributed by atoms with E-state index in [9.17, 15) is 4.79 Å². The summed E-state index contributed by atoms with van der Waals surface area (Å²) in [7, 11) is 0. The van der Waals surface area contributed by atoms with Crippen molar-refractivity contribution in [1.82, 2.24) is 5.32 Å². The van der Waals surface area contributed by atoms with Crippen LogP contribution >= 0.6 is 0 Å². The summed E-state index contributed by atoms with van der Waals surface area (Å²) in [5, 5.41) is 5.98. The van der Waals surface area contributed by atoms with Gasteiger partial charge in [0.25, 0.3) is 0 Å². The Labute approximate surface area is 115 Å². The number of carbonyl (C=O) groups is 1. The highest BCUT2D eigenvalue weighted by molar-refractivity contribution is 5.93. The third kappa shape index (κ3) is 6.25. The molecule has 0 fully saturated rings. The van der Waals surface area contributed by atoms with Crippen LogP contribution in [-0.2, 0) is 4.79 Å². The molecule has 0 spiro atoms. The molecule has 106 valence electrons. The predicted octanol–water partition coefficient (Wildman–Crippen LogP) is 2.80. The quantitative estimate of drug-likeness (QED) is 0.710. The first-order chi connectivity index (χ1) is 9.13. The zero-order valence-electron chi connectivity index (χ0n) is 12.0. The Balaban J connectivity index is 2.49. The van der Waals surface area contributed by atoms with Crippen LogP contribution in [0.15, 0.2) is 24.3 Å². The summed E-state index contributed by atoms with van der Waals surface area (Å²) >= 11 is 0. The number of para-hydroxylation sites is 2. The molecule has 4 heteroatoms. The molecule has 1 aromatic rings. The molecule has 4 nitrogen and oxygen atoms in total. The lowest BCUT2D eigenvalue weighted by Gasteiger charge is -2.14. The monoisotopic (exact) mass is 264 g/mol. The number of amides is 1. The highest BCUT2D eigenvalue weighted by Gasteiger charge is 2.08. The van der Waals surface area contributed by atoms with Crippen molar-refractivity contribution in [2.75, 3.05) is 18.4 Å². The van der Waals surface area contributed by atoms with Crippen molar-refractivity contribution in [3.63, 3.8) is 0 Å².